The Hall–Kier alpha value is -0.120. The number of piperidine rings is 2. The molecule has 0 spiro atoms. The van der Waals surface area contributed by atoms with Crippen molar-refractivity contribution in [1.82, 2.24) is 15.1 Å². The summed E-state index contributed by atoms with van der Waals surface area (Å²) in [6, 6.07) is 3.37. The molecule has 3 aliphatic rings. The van der Waals surface area contributed by atoms with Crippen LogP contribution in [-0.4, -0.2) is 60.1 Å². The van der Waals surface area contributed by atoms with Crippen molar-refractivity contribution in [3.63, 3.8) is 0 Å². The van der Waals surface area contributed by atoms with Crippen LogP contribution in [0.5, 0.6) is 0 Å². The van der Waals surface area contributed by atoms with Crippen molar-refractivity contribution in [2.45, 2.75) is 76.5 Å². The van der Waals surface area contributed by atoms with E-state index in [1.54, 1.807) is 0 Å². The second-order valence-corrected chi connectivity index (χ2v) is 6.76. The summed E-state index contributed by atoms with van der Waals surface area (Å²) in [7, 11) is 0. The first-order valence-electron chi connectivity index (χ1n) is 8.54. The van der Waals surface area contributed by atoms with Gasteiger partial charge < -0.3 is 10.2 Å². The largest absolute Gasteiger partial charge is 0.311 e. The van der Waals surface area contributed by atoms with Crippen molar-refractivity contribution in [2.75, 3.05) is 26.2 Å². The van der Waals surface area contributed by atoms with Gasteiger partial charge in [0.05, 0.1) is 0 Å². The van der Waals surface area contributed by atoms with Gasteiger partial charge in [0.2, 0.25) is 0 Å². The Kier molecular flexibility index (Phi) is 4.45. The fraction of sp³-hybridized carbons (Fsp3) is 1.00. The van der Waals surface area contributed by atoms with Crippen LogP contribution in [0.15, 0.2) is 0 Å². The maximum Gasteiger partial charge on any atom is 0.0128 e. The molecule has 3 heterocycles. The SMILES string of the molecule is CCN1CCC(N(CC)C2CC3CCC(C2)N3)CC1. The Morgan fingerprint density at radius 3 is 2.11 bits per heavy atom. The van der Waals surface area contributed by atoms with E-state index >= 15 is 0 Å². The molecule has 0 aromatic carbocycles. The molecule has 3 rings (SSSR count). The lowest BCUT2D eigenvalue weighted by Crippen LogP contribution is -2.54. The predicted molar refractivity (Wildman–Crippen MR) is 80.5 cm³/mol. The molecule has 3 nitrogen and oxygen atoms in total. The molecule has 0 amide bonds. The van der Waals surface area contributed by atoms with Crippen LogP contribution in [0, 0.1) is 0 Å². The highest BCUT2D eigenvalue weighted by Crippen LogP contribution is 2.32. The lowest BCUT2D eigenvalue weighted by molar-refractivity contribution is 0.0575. The fourth-order valence-corrected chi connectivity index (χ4v) is 4.68. The van der Waals surface area contributed by atoms with E-state index in [0.29, 0.717) is 0 Å². The molecule has 3 fully saturated rings. The molecule has 3 aliphatic heterocycles. The van der Waals surface area contributed by atoms with E-state index in [0.717, 1.165) is 24.2 Å². The minimum atomic E-state index is 0.827. The van der Waals surface area contributed by atoms with Crippen LogP contribution in [0.1, 0.15) is 52.4 Å². The molecule has 1 N–H and O–H groups in total. The molecule has 0 radical (unpaired) electrons. The summed E-state index contributed by atoms with van der Waals surface area (Å²) in [5.41, 5.74) is 0. The fourth-order valence-electron chi connectivity index (χ4n) is 4.68. The van der Waals surface area contributed by atoms with Gasteiger partial charge in [0.25, 0.3) is 0 Å². The summed E-state index contributed by atoms with van der Waals surface area (Å²) in [4.78, 5) is 5.47. The van der Waals surface area contributed by atoms with Gasteiger partial charge >= 0.3 is 0 Å². The van der Waals surface area contributed by atoms with Crippen molar-refractivity contribution < 1.29 is 0 Å². The van der Waals surface area contributed by atoms with Gasteiger partial charge in [0.15, 0.2) is 0 Å². The quantitative estimate of drug-likeness (QED) is 0.839. The molecule has 2 bridgehead atoms. The zero-order valence-electron chi connectivity index (χ0n) is 12.8. The Morgan fingerprint density at radius 2 is 1.58 bits per heavy atom. The highest BCUT2D eigenvalue weighted by atomic mass is 15.2. The number of hydrogen-bond donors (Lipinski definition) is 1. The van der Waals surface area contributed by atoms with Gasteiger partial charge in [-0.05, 0) is 64.7 Å². The van der Waals surface area contributed by atoms with Crippen LogP contribution in [0.4, 0.5) is 0 Å². The number of fused-ring (bicyclic) bond motifs is 2. The molecule has 3 heteroatoms. The van der Waals surface area contributed by atoms with E-state index in [-0.39, 0.29) is 0 Å². The number of nitrogens with zero attached hydrogens (tertiary/aromatic N) is 2. The Balaban J connectivity index is 1.58. The van der Waals surface area contributed by atoms with E-state index in [9.17, 15) is 0 Å². The Labute approximate surface area is 118 Å². The van der Waals surface area contributed by atoms with Crippen molar-refractivity contribution in [1.29, 1.82) is 0 Å². The molecule has 0 aliphatic carbocycles. The molecule has 0 aromatic rings. The minimum Gasteiger partial charge on any atom is -0.311 e. The molecule has 0 aromatic heterocycles. The summed E-state index contributed by atoms with van der Waals surface area (Å²) in [6.45, 7) is 9.78. The number of rotatable bonds is 4. The van der Waals surface area contributed by atoms with Gasteiger partial charge in [0, 0.05) is 24.2 Å². The van der Waals surface area contributed by atoms with E-state index in [4.69, 9.17) is 0 Å². The molecule has 2 unspecified atom stereocenters. The lowest BCUT2D eigenvalue weighted by Gasteiger charge is -2.44. The zero-order chi connectivity index (χ0) is 13.2. The van der Waals surface area contributed by atoms with Gasteiger partial charge in [-0.15, -0.1) is 0 Å². The second kappa shape index (κ2) is 6.11. The molecular weight excluding hydrogens is 234 g/mol. The van der Waals surface area contributed by atoms with Crippen molar-refractivity contribution in [3.8, 4) is 0 Å². The first kappa shape index (κ1) is 13.8. The van der Waals surface area contributed by atoms with Crippen LogP contribution >= 0.6 is 0 Å². The number of hydrogen-bond acceptors (Lipinski definition) is 3. The normalized spacial score (nSPS) is 37.1. The highest BCUT2D eigenvalue weighted by molar-refractivity contribution is 4.97. The van der Waals surface area contributed by atoms with E-state index < -0.39 is 0 Å². The van der Waals surface area contributed by atoms with Crippen molar-refractivity contribution in [3.05, 3.63) is 0 Å². The van der Waals surface area contributed by atoms with Crippen molar-refractivity contribution >= 4 is 0 Å². The van der Waals surface area contributed by atoms with Crippen LogP contribution in [-0.2, 0) is 0 Å². The monoisotopic (exact) mass is 265 g/mol. The third-order valence-corrected chi connectivity index (χ3v) is 5.76. The topological polar surface area (TPSA) is 18.5 Å². The van der Waals surface area contributed by atoms with Crippen LogP contribution in [0.3, 0.4) is 0 Å². The molecule has 3 saturated heterocycles. The average molecular weight is 265 g/mol. The van der Waals surface area contributed by atoms with E-state index in [2.05, 4.69) is 29.0 Å². The third kappa shape index (κ3) is 2.98. The second-order valence-electron chi connectivity index (χ2n) is 6.76. The smallest absolute Gasteiger partial charge is 0.0128 e. The maximum absolute atomic E-state index is 3.78. The minimum absolute atomic E-state index is 0.827. The van der Waals surface area contributed by atoms with Gasteiger partial charge in [0.1, 0.15) is 0 Å². The Bertz CT molecular complexity index is 274. The summed E-state index contributed by atoms with van der Waals surface area (Å²) < 4.78 is 0. The average Bonchev–Trinajstić information content (AvgIpc) is 2.79. The van der Waals surface area contributed by atoms with Gasteiger partial charge in [-0.2, -0.15) is 0 Å². The first-order chi connectivity index (χ1) is 9.30. The molecule has 0 saturated carbocycles. The summed E-state index contributed by atoms with van der Waals surface area (Å²) in [5, 5.41) is 3.78. The van der Waals surface area contributed by atoms with Crippen LogP contribution in [0.25, 0.3) is 0 Å². The van der Waals surface area contributed by atoms with Crippen LogP contribution in [0.2, 0.25) is 0 Å². The van der Waals surface area contributed by atoms with Crippen molar-refractivity contribution in [2.24, 2.45) is 0 Å². The van der Waals surface area contributed by atoms with Gasteiger partial charge in [-0.25, -0.2) is 0 Å². The standard InChI is InChI=1S/C16H31N3/c1-3-18-9-7-15(8-10-18)19(4-2)16-11-13-5-6-14(12-16)17-13/h13-17H,3-12H2,1-2H3. The predicted octanol–water partition coefficient (Wildman–Crippen LogP) is 2.08. The molecule has 110 valence electrons. The van der Waals surface area contributed by atoms with E-state index in [1.165, 1.54) is 64.7 Å². The first-order valence-corrected chi connectivity index (χ1v) is 8.54. The summed E-state index contributed by atoms with van der Waals surface area (Å²) in [5.74, 6) is 0. The zero-order valence-corrected chi connectivity index (χ0v) is 12.8. The van der Waals surface area contributed by atoms with E-state index in [1.807, 2.05) is 0 Å². The molecule has 19 heavy (non-hydrogen) atoms. The number of nitrogens with one attached hydrogen (secondary N) is 1. The number of likely N-dealkylation sites (tertiary alicyclic amines) is 1. The lowest BCUT2D eigenvalue weighted by atomic mass is 9.94. The molecular formula is C16H31N3. The summed E-state index contributed by atoms with van der Waals surface area (Å²) >= 11 is 0. The Morgan fingerprint density at radius 1 is 0.947 bits per heavy atom. The maximum atomic E-state index is 3.78. The van der Waals surface area contributed by atoms with Gasteiger partial charge in [-0.3, -0.25) is 4.90 Å². The summed E-state index contributed by atoms with van der Waals surface area (Å²) in [6.07, 6.45) is 8.43. The molecule has 2 atom stereocenters. The highest BCUT2D eigenvalue weighted by Gasteiger charge is 2.38. The van der Waals surface area contributed by atoms with Gasteiger partial charge in [-0.1, -0.05) is 13.8 Å². The third-order valence-electron chi connectivity index (χ3n) is 5.76. The van der Waals surface area contributed by atoms with Crippen LogP contribution < -0.4 is 5.32 Å².